The zero-order chi connectivity index (χ0) is 29.3. The fourth-order valence-electron chi connectivity index (χ4n) is 5.50. The van der Waals surface area contributed by atoms with E-state index in [2.05, 4.69) is 14.6 Å². The number of hydrogen-bond acceptors (Lipinski definition) is 5. The average Bonchev–Trinajstić information content (AvgIpc) is 3.21. The Morgan fingerprint density at radius 2 is 1.73 bits per heavy atom. The number of nitriles is 1. The maximum absolute atomic E-state index is 13.4. The maximum atomic E-state index is 13.4. The number of hydrogen-bond donors (Lipinski definition) is 3. The topological polar surface area (TPSA) is 124 Å². The van der Waals surface area contributed by atoms with Crippen LogP contribution in [0.15, 0.2) is 47.4 Å². The van der Waals surface area contributed by atoms with Crippen molar-refractivity contribution >= 4 is 26.7 Å². The number of aliphatic hydroxyl groups is 1. The van der Waals surface area contributed by atoms with Gasteiger partial charge in [-0.2, -0.15) is 9.98 Å². The van der Waals surface area contributed by atoms with Crippen molar-refractivity contribution in [3.8, 4) is 17.3 Å². The fourth-order valence-corrected chi connectivity index (χ4v) is 7.04. The van der Waals surface area contributed by atoms with E-state index in [1.165, 1.54) is 33.1 Å². The van der Waals surface area contributed by atoms with Gasteiger partial charge in [-0.15, -0.1) is 0 Å². The lowest BCUT2D eigenvalue weighted by Gasteiger charge is -2.25. The highest BCUT2D eigenvalue weighted by Gasteiger charge is 2.29. The monoisotopic (exact) mass is 564 g/mol. The van der Waals surface area contributed by atoms with Crippen molar-refractivity contribution in [3.05, 3.63) is 53.7 Å². The first-order valence-corrected chi connectivity index (χ1v) is 15.4. The summed E-state index contributed by atoms with van der Waals surface area (Å²) >= 11 is 0. The molecule has 3 aromatic rings. The number of fused-ring (bicyclic) bond motifs is 1. The molecule has 8 nitrogen and oxygen atoms in total. The normalized spacial score (nSPS) is 15.2. The Kier molecular flexibility index (Phi) is 8.46. The number of nitrogens with one attached hydrogen (secondary N) is 2. The third-order valence-corrected chi connectivity index (χ3v) is 9.29. The van der Waals surface area contributed by atoms with Crippen LogP contribution in [0.1, 0.15) is 75.9 Å². The van der Waals surface area contributed by atoms with Crippen molar-refractivity contribution in [2.45, 2.75) is 89.3 Å². The third kappa shape index (κ3) is 6.57. The lowest BCUT2D eigenvalue weighted by atomic mass is 9.89. The molecule has 1 aliphatic rings. The summed E-state index contributed by atoms with van der Waals surface area (Å²) in [6.07, 6.45) is 5.91. The summed E-state index contributed by atoms with van der Waals surface area (Å²) in [5.74, 6) is 0.240. The van der Waals surface area contributed by atoms with Crippen LogP contribution in [0, 0.1) is 24.2 Å². The van der Waals surface area contributed by atoms with Crippen LogP contribution in [0.3, 0.4) is 0 Å². The van der Waals surface area contributed by atoms with Crippen LogP contribution >= 0.6 is 0 Å². The molecule has 1 fully saturated rings. The molecule has 1 saturated carbocycles. The third-order valence-electron chi connectivity index (χ3n) is 7.58. The van der Waals surface area contributed by atoms with E-state index in [9.17, 15) is 23.6 Å². The zero-order valence-electron chi connectivity index (χ0n) is 24.0. The molecular formula is C31H40N4O4S. The van der Waals surface area contributed by atoms with Gasteiger partial charge in [0.05, 0.1) is 22.1 Å². The molecule has 2 aromatic carbocycles. The Bertz CT molecular complexity index is 1550. The number of sulfonamides is 1. The second kappa shape index (κ2) is 11.4. The minimum absolute atomic E-state index is 0.0976. The molecule has 0 radical (unpaired) electrons. The van der Waals surface area contributed by atoms with Crippen molar-refractivity contribution < 1.29 is 18.3 Å². The molecule has 4 rings (SSSR count). The van der Waals surface area contributed by atoms with Gasteiger partial charge in [0.1, 0.15) is 5.54 Å². The van der Waals surface area contributed by atoms with Gasteiger partial charge in [0, 0.05) is 35.4 Å². The molecule has 1 amide bonds. The molecule has 214 valence electrons. The van der Waals surface area contributed by atoms with Crippen LogP contribution in [0.2, 0.25) is 0 Å². The van der Waals surface area contributed by atoms with Crippen LogP contribution in [0.5, 0.6) is 0 Å². The highest BCUT2D eigenvalue weighted by atomic mass is 32.2. The fraction of sp³-hybridized carbons (Fsp3) is 0.484. The SMILES string of the molecule is Cc1c(C(=O)NCC(C)(C)O)cc(-c2ccc(S(=O)(=O)NC(C)(C)C#N)c3ccccc23)n1CC1CCCCC1. The van der Waals surface area contributed by atoms with E-state index < -0.39 is 21.2 Å². The zero-order valence-corrected chi connectivity index (χ0v) is 24.9. The molecule has 1 aliphatic carbocycles. The van der Waals surface area contributed by atoms with Crippen molar-refractivity contribution in [1.82, 2.24) is 14.6 Å². The minimum atomic E-state index is -3.99. The first-order valence-electron chi connectivity index (χ1n) is 13.9. The molecule has 0 bridgehead atoms. The first-order chi connectivity index (χ1) is 18.7. The lowest BCUT2D eigenvalue weighted by molar-refractivity contribution is 0.0694. The summed E-state index contributed by atoms with van der Waals surface area (Å²) < 4.78 is 31.4. The van der Waals surface area contributed by atoms with E-state index in [0.717, 1.165) is 41.7 Å². The summed E-state index contributed by atoms with van der Waals surface area (Å²) in [6, 6.07) is 14.6. The van der Waals surface area contributed by atoms with E-state index >= 15 is 0 Å². The Morgan fingerprint density at radius 1 is 1.07 bits per heavy atom. The molecule has 0 atom stereocenters. The standard InChI is InChI=1S/C31H40N4O4S/c1-21-26(29(36)33-20-31(4,5)37)17-27(35(21)18-22-11-7-6-8-12-22)24-15-16-28(25-14-10-9-13-23(24)25)40(38,39)34-30(2,3)19-32/h9-10,13-17,22,34,37H,6-8,11-12,18,20H2,1-5H3,(H,33,36). The highest BCUT2D eigenvalue weighted by molar-refractivity contribution is 7.89. The van der Waals surface area contributed by atoms with E-state index in [4.69, 9.17) is 0 Å². The van der Waals surface area contributed by atoms with Gasteiger partial charge in [-0.25, -0.2) is 8.42 Å². The van der Waals surface area contributed by atoms with Gasteiger partial charge in [-0.3, -0.25) is 4.79 Å². The molecule has 0 saturated heterocycles. The number of nitrogens with zero attached hydrogens (tertiary/aromatic N) is 2. The Balaban J connectivity index is 1.86. The van der Waals surface area contributed by atoms with Gasteiger partial charge in [0.2, 0.25) is 10.0 Å². The quantitative estimate of drug-likeness (QED) is 0.326. The molecule has 0 aliphatic heterocycles. The van der Waals surface area contributed by atoms with E-state index in [-0.39, 0.29) is 17.3 Å². The molecule has 0 unspecified atom stereocenters. The Hall–Kier alpha value is -3.19. The molecular weight excluding hydrogens is 524 g/mol. The van der Waals surface area contributed by atoms with Crippen molar-refractivity contribution in [3.63, 3.8) is 0 Å². The van der Waals surface area contributed by atoms with Gasteiger partial charge in [0.25, 0.3) is 5.91 Å². The summed E-state index contributed by atoms with van der Waals surface area (Å²) in [6.45, 7) is 9.17. The van der Waals surface area contributed by atoms with Crippen LogP contribution in [-0.4, -0.2) is 41.7 Å². The van der Waals surface area contributed by atoms with E-state index in [1.807, 2.05) is 31.2 Å². The molecule has 40 heavy (non-hydrogen) atoms. The second-order valence-electron chi connectivity index (χ2n) is 12.1. The average molecular weight is 565 g/mol. The summed E-state index contributed by atoms with van der Waals surface area (Å²) in [7, 11) is -3.99. The summed E-state index contributed by atoms with van der Waals surface area (Å²) in [5.41, 5.74) is 0.746. The number of aromatic nitrogens is 1. The Labute approximate surface area is 237 Å². The van der Waals surface area contributed by atoms with E-state index in [1.54, 1.807) is 38.1 Å². The number of benzene rings is 2. The van der Waals surface area contributed by atoms with Crippen molar-refractivity contribution in [2.75, 3.05) is 6.54 Å². The molecule has 9 heteroatoms. The summed E-state index contributed by atoms with van der Waals surface area (Å²) in [4.78, 5) is 13.4. The molecule has 0 spiro atoms. The van der Waals surface area contributed by atoms with E-state index in [0.29, 0.717) is 16.9 Å². The highest BCUT2D eigenvalue weighted by Crippen LogP contribution is 2.37. The smallest absolute Gasteiger partial charge is 0.253 e. The largest absolute Gasteiger partial charge is 0.389 e. The molecule has 1 heterocycles. The maximum Gasteiger partial charge on any atom is 0.253 e. The first kappa shape index (κ1) is 29.8. The van der Waals surface area contributed by atoms with Crippen LogP contribution in [-0.2, 0) is 16.6 Å². The number of amides is 1. The van der Waals surface area contributed by atoms with Gasteiger partial charge in [0.15, 0.2) is 0 Å². The minimum Gasteiger partial charge on any atom is -0.389 e. The predicted octanol–water partition coefficient (Wildman–Crippen LogP) is 5.28. The predicted molar refractivity (Wildman–Crippen MR) is 157 cm³/mol. The molecule has 1 aromatic heterocycles. The van der Waals surface area contributed by atoms with Crippen molar-refractivity contribution in [1.29, 1.82) is 5.26 Å². The van der Waals surface area contributed by atoms with Crippen LogP contribution < -0.4 is 10.0 Å². The number of rotatable bonds is 9. The van der Waals surface area contributed by atoms with Crippen LogP contribution in [0.4, 0.5) is 0 Å². The number of carbonyl (C=O) groups excluding carboxylic acids is 1. The lowest BCUT2D eigenvalue weighted by Crippen LogP contribution is -2.42. The second-order valence-corrected chi connectivity index (χ2v) is 13.8. The Morgan fingerprint density at radius 3 is 2.35 bits per heavy atom. The van der Waals surface area contributed by atoms with Crippen LogP contribution in [0.25, 0.3) is 22.0 Å². The molecule has 3 N–H and O–H groups in total. The van der Waals surface area contributed by atoms with Gasteiger partial charge < -0.3 is 15.0 Å². The van der Waals surface area contributed by atoms with Gasteiger partial charge >= 0.3 is 0 Å². The number of carbonyl (C=O) groups is 1. The van der Waals surface area contributed by atoms with Gasteiger partial charge in [-0.1, -0.05) is 49.6 Å². The van der Waals surface area contributed by atoms with Gasteiger partial charge in [-0.05, 0) is 70.9 Å². The van der Waals surface area contributed by atoms with Crippen molar-refractivity contribution in [2.24, 2.45) is 5.92 Å². The summed E-state index contributed by atoms with van der Waals surface area (Å²) in [5, 5.41) is 23.7.